The number of alkyl halides is 3. The fraction of sp³-hybridized carbons (Fsp3) is 0.250. The zero-order valence-corrected chi connectivity index (χ0v) is 11.7. The van der Waals surface area contributed by atoms with Gasteiger partial charge in [0.2, 0.25) is 11.6 Å². The molecule has 2 aromatic rings. The minimum absolute atomic E-state index is 0.354. The van der Waals surface area contributed by atoms with Gasteiger partial charge in [-0.25, -0.2) is 0 Å². The van der Waals surface area contributed by atoms with Gasteiger partial charge in [0.15, 0.2) is 0 Å². The zero-order valence-electron chi connectivity index (χ0n) is 11.7. The molecule has 0 aliphatic carbocycles. The predicted octanol–water partition coefficient (Wildman–Crippen LogP) is 2.15. The van der Waals surface area contributed by atoms with Crippen LogP contribution >= 0.6 is 0 Å². The van der Waals surface area contributed by atoms with E-state index < -0.39 is 34.9 Å². The van der Waals surface area contributed by atoms with Crippen molar-refractivity contribution in [3.63, 3.8) is 0 Å². The molecule has 1 amide bonds. The molecule has 8 nitrogen and oxygen atoms in total. The van der Waals surface area contributed by atoms with Gasteiger partial charge >= 0.3 is 11.9 Å². The topological polar surface area (TPSA) is 103 Å². The molecule has 0 aliphatic heterocycles. The summed E-state index contributed by atoms with van der Waals surface area (Å²) >= 11 is 0. The summed E-state index contributed by atoms with van der Waals surface area (Å²) in [5.74, 6) is -0.676. The SMILES string of the molecule is Cc1c([N+](=O)[O-])c(C(F)(F)F)nn1CC(=O)Nc1ccncc1. The molecule has 0 atom stereocenters. The normalized spacial score (nSPS) is 11.3. The van der Waals surface area contributed by atoms with Gasteiger partial charge in [-0.05, 0) is 19.1 Å². The summed E-state index contributed by atoms with van der Waals surface area (Å²) in [5, 5.41) is 16.4. The Morgan fingerprint density at radius 1 is 1.39 bits per heavy atom. The molecule has 0 aliphatic rings. The second kappa shape index (κ2) is 6.02. The smallest absolute Gasteiger partial charge is 0.324 e. The quantitative estimate of drug-likeness (QED) is 0.684. The monoisotopic (exact) mass is 329 g/mol. The Bertz CT molecular complexity index is 742. The zero-order chi connectivity index (χ0) is 17.2. The lowest BCUT2D eigenvalue weighted by molar-refractivity contribution is -0.388. The number of halogens is 3. The van der Waals surface area contributed by atoms with Gasteiger partial charge in [-0.1, -0.05) is 0 Å². The number of nitrogens with zero attached hydrogens (tertiary/aromatic N) is 4. The van der Waals surface area contributed by atoms with Crippen LogP contribution in [0, 0.1) is 17.0 Å². The molecule has 2 rings (SSSR count). The van der Waals surface area contributed by atoms with Crippen molar-refractivity contribution < 1.29 is 22.9 Å². The Hall–Kier alpha value is -2.98. The van der Waals surface area contributed by atoms with Gasteiger partial charge in [-0.15, -0.1) is 0 Å². The molecule has 1 N–H and O–H groups in total. The Morgan fingerprint density at radius 2 is 2.00 bits per heavy atom. The van der Waals surface area contributed by atoms with Crippen molar-refractivity contribution in [1.29, 1.82) is 0 Å². The van der Waals surface area contributed by atoms with Gasteiger partial charge in [0.1, 0.15) is 12.2 Å². The minimum atomic E-state index is -4.99. The Kier molecular flexibility index (Phi) is 4.29. The molecule has 0 aromatic carbocycles. The first-order chi connectivity index (χ1) is 10.7. The Labute approximate surface area is 127 Å². The molecule has 0 spiro atoms. The van der Waals surface area contributed by atoms with E-state index in [2.05, 4.69) is 15.4 Å². The maximum atomic E-state index is 12.8. The summed E-state index contributed by atoms with van der Waals surface area (Å²) in [5.41, 5.74) is -2.75. The average Bonchev–Trinajstić information content (AvgIpc) is 2.77. The average molecular weight is 329 g/mol. The molecule has 0 saturated carbocycles. The lowest BCUT2D eigenvalue weighted by Gasteiger charge is -2.06. The first kappa shape index (κ1) is 16.4. The van der Waals surface area contributed by atoms with Crippen LogP contribution in [0.3, 0.4) is 0 Å². The first-order valence-electron chi connectivity index (χ1n) is 6.19. The van der Waals surface area contributed by atoms with Crippen molar-refractivity contribution in [2.24, 2.45) is 0 Å². The van der Waals surface area contributed by atoms with Crippen molar-refractivity contribution in [2.75, 3.05) is 5.32 Å². The van der Waals surface area contributed by atoms with Crippen LogP contribution in [-0.2, 0) is 17.5 Å². The summed E-state index contributed by atoms with van der Waals surface area (Å²) < 4.78 is 39.0. The molecule has 23 heavy (non-hydrogen) atoms. The van der Waals surface area contributed by atoms with Gasteiger partial charge < -0.3 is 5.32 Å². The number of rotatable bonds is 4. The lowest BCUT2D eigenvalue weighted by Crippen LogP contribution is -2.20. The third kappa shape index (κ3) is 3.62. The van der Waals surface area contributed by atoms with Crippen LogP contribution in [0.25, 0.3) is 0 Å². The van der Waals surface area contributed by atoms with Gasteiger partial charge in [-0.3, -0.25) is 24.6 Å². The summed E-state index contributed by atoms with van der Waals surface area (Å²) in [6, 6.07) is 2.97. The number of amides is 1. The third-order valence-electron chi connectivity index (χ3n) is 2.88. The lowest BCUT2D eigenvalue weighted by atomic mass is 10.3. The summed E-state index contributed by atoms with van der Waals surface area (Å²) in [6.07, 6.45) is -2.15. The molecule has 0 fully saturated rings. The van der Waals surface area contributed by atoms with Crippen LogP contribution in [0.15, 0.2) is 24.5 Å². The highest BCUT2D eigenvalue weighted by molar-refractivity contribution is 5.90. The molecule has 0 radical (unpaired) electrons. The highest BCUT2D eigenvalue weighted by Gasteiger charge is 2.44. The molecular formula is C12H10F3N5O3. The van der Waals surface area contributed by atoms with Gasteiger partial charge in [-0.2, -0.15) is 18.3 Å². The van der Waals surface area contributed by atoms with Gasteiger partial charge in [0.05, 0.1) is 4.92 Å². The van der Waals surface area contributed by atoms with Gasteiger partial charge in [0, 0.05) is 18.1 Å². The molecule has 0 saturated heterocycles. The van der Waals surface area contributed by atoms with E-state index in [9.17, 15) is 28.1 Å². The molecule has 2 heterocycles. The summed E-state index contributed by atoms with van der Waals surface area (Å²) in [6.45, 7) is 0.505. The van der Waals surface area contributed by atoms with Crippen molar-refractivity contribution in [1.82, 2.24) is 14.8 Å². The Morgan fingerprint density at radius 3 is 2.48 bits per heavy atom. The number of pyridine rings is 1. The predicted molar refractivity (Wildman–Crippen MR) is 71.5 cm³/mol. The number of nitrogens with one attached hydrogen (secondary N) is 1. The van der Waals surface area contributed by atoms with E-state index in [1.54, 1.807) is 0 Å². The molecule has 2 aromatic heterocycles. The van der Waals surface area contributed by atoms with Gasteiger partial charge in [0.25, 0.3) is 0 Å². The maximum absolute atomic E-state index is 12.8. The van der Waals surface area contributed by atoms with Crippen molar-refractivity contribution in [3.8, 4) is 0 Å². The van der Waals surface area contributed by atoms with E-state index in [4.69, 9.17) is 0 Å². The van der Waals surface area contributed by atoms with E-state index in [1.807, 2.05) is 0 Å². The number of carbonyl (C=O) groups is 1. The van der Waals surface area contributed by atoms with E-state index in [0.29, 0.717) is 10.4 Å². The molecular weight excluding hydrogens is 319 g/mol. The fourth-order valence-electron chi connectivity index (χ4n) is 1.87. The number of hydrogen-bond donors (Lipinski definition) is 1. The second-order valence-electron chi connectivity index (χ2n) is 4.48. The highest BCUT2D eigenvalue weighted by Crippen LogP contribution is 2.36. The molecule has 11 heteroatoms. The Balaban J connectivity index is 2.27. The number of aromatic nitrogens is 3. The number of nitro groups is 1. The third-order valence-corrected chi connectivity index (χ3v) is 2.88. The molecule has 122 valence electrons. The van der Waals surface area contributed by atoms with Crippen LogP contribution in [0.4, 0.5) is 24.5 Å². The van der Waals surface area contributed by atoms with E-state index in [0.717, 1.165) is 6.92 Å². The maximum Gasteiger partial charge on any atom is 0.442 e. The molecule has 0 unspecified atom stereocenters. The summed E-state index contributed by atoms with van der Waals surface area (Å²) in [4.78, 5) is 25.2. The van der Waals surface area contributed by atoms with E-state index in [-0.39, 0.29) is 5.69 Å². The fourth-order valence-corrected chi connectivity index (χ4v) is 1.87. The highest BCUT2D eigenvalue weighted by atomic mass is 19.4. The number of carbonyl (C=O) groups excluding carboxylic acids is 1. The van der Waals surface area contributed by atoms with E-state index >= 15 is 0 Å². The van der Waals surface area contributed by atoms with Crippen LogP contribution in [-0.4, -0.2) is 25.6 Å². The minimum Gasteiger partial charge on any atom is -0.324 e. The van der Waals surface area contributed by atoms with Crippen LogP contribution < -0.4 is 5.32 Å². The first-order valence-corrected chi connectivity index (χ1v) is 6.19. The van der Waals surface area contributed by atoms with Crippen LogP contribution in [0.1, 0.15) is 11.4 Å². The van der Waals surface area contributed by atoms with Crippen molar-refractivity contribution in [2.45, 2.75) is 19.6 Å². The standard InChI is InChI=1S/C12H10F3N5O3/c1-7-10(20(22)23)11(12(13,14)15)18-19(7)6-9(21)17-8-2-4-16-5-3-8/h2-5H,6H2,1H3,(H,16,17,21). The largest absolute Gasteiger partial charge is 0.442 e. The summed E-state index contributed by atoms with van der Waals surface area (Å²) in [7, 11) is 0. The number of hydrogen-bond acceptors (Lipinski definition) is 5. The van der Waals surface area contributed by atoms with Crippen LogP contribution in [0.5, 0.6) is 0 Å². The van der Waals surface area contributed by atoms with Crippen molar-refractivity contribution in [3.05, 3.63) is 46.0 Å². The van der Waals surface area contributed by atoms with Crippen molar-refractivity contribution >= 4 is 17.3 Å². The van der Waals surface area contributed by atoms with E-state index in [1.165, 1.54) is 24.5 Å². The number of anilines is 1. The van der Waals surface area contributed by atoms with Crippen LogP contribution in [0.2, 0.25) is 0 Å². The second-order valence-corrected chi connectivity index (χ2v) is 4.48. The molecule has 0 bridgehead atoms.